The van der Waals surface area contributed by atoms with Gasteiger partial charge in [-0.15, -0.1) is 0 Å². The van der Waals surface area contributed by atoms with Gasteiger partial charge < -0.3 is 9.84 Å². The van der Waals surface area contributed by atoms with Crippen molar-refractivity contribution in [3.63, 3.8) is 0 Å². The molecule has 2 bridgehead atoms. The largest absolute Gasteiger partial charge is 0.378 e. The lowest BCUT2D eigenvalue weighted by Crippen LogP contribution is -2.57. The molecule has 5 heterocycles. The number of nitrogens with zero attached hydrogens (tertiary/aromatic N) is 5. The van der Waals surface area contributed by atoms with Crippen LogP contribution in [0.1, 0.15) is 17.6 Å². The average molecular weight is 306 g/mol. The molecule has 112 valence electrons. The molecule has 2 aromatic rings. The molecule has 5 rings (SSSR count). The van der Waals surface area contributed by atoms with Gasteiger partial charge in [0.2, 0.25) is 0 Å². The molecule has 3 saturated heterocycles. The first-order valence-corrected chi connectivity index (χ1v) is 7.98. The van der Waals surface area contributed by atoms with Gasteiger partial charge in [-0.25, -0.2) is 0 Å². The van der Waals surface area contributed by atoms with Crippen LogP contribution in [0.4, 0.5) is 5.00 Å². The van der Waals surface area contributed by atoms with Crippen molar-refractivity contribution in [1.82, 2.24) is 24.3 Å². The Labute approximate surface area is 127 Å². The molecule has 0 saturated carbocycles. The van der Waals surface area contributed by atoms with Crippen LogP contribution in [-0.4, -0.2) is 64.1 Å². The highest BCUT2D eigenvalue weighted by atomic mass is 32.1. The second kappa shape index (κ2) is 5.04. The van der Waals surface area contributed by atoms with Crippen LogP contribution in [0.2, 0.25) is 0 Å². The Morgan fingerprint density at radius 1 is 1.29 bits per heavy atom. The molecule has 8 heteroatoms. The van der Waals surface area contributed by atoms with Crippen molar-refractivity contribution in [2.45, 2.75) is 13.0 Å². The van der Waals surface area contributed by atoms with E-state index in [1.54, 1.807) is 0 Å². The van der Waals surface area contributed by atoms with Crippen molar-refractivity contribution >= 4 is 16.5 Å². The van der Waals surface area contributed by atoms with E-state index in [2.05, 4.69) is 29.6 Å². The minimum Gasteiger partial charge on any atom is -0.378 e. The highest BCUT2D eigenvalue weighted by Gasteiger charge is 2.36. The smallest absolute Gasteiger partial charge is 0.262 e. The van der Waals surface area contributed by atoms with Crippen LogP contribution in [0.5, 0.6) is 0 Å². The summed E-state index contributed by atoms with van der Waals surface area (Å²) in [7, 11) is 1.88. The van der Waals surface area contributed by atoms with Gasteiger partial charge in [0.05, 0.1) is 17.3 Å². The van der Waals surface area contributed by atoms with E-state index < -0.39 is 0 Å². The molecule has 1 N–H and O–H groups in total. The van der Waals surface area contributed by atoms with Crippen LogP contribution in [0.15, 0.2) is 4.52 Å². The number of aryl methyl sites for hydroxylation is 1. The highest BCUT2D eigenvalue weighted by Crippen LogP contribution is 2.35. The SMILES string of the molecule is CNc1snc(C)c1-c1nc(C2CN3CCN2CC3)no1. The molecule has 21 heavy (non-hydrogen) atoms. The van der Waals surface area contributed by atoms with Crippen molar-refractivity contribution in [2.75, 3.05) is 45.1 Å². The maximum absolute atomic E-state index is 5.51. The van der Waals surface area contributed by atoms with Gasteiger partial charge in [0.1, 0.15) is 5.00 Å². The molecular formula is C13H18N6OS. The fraction of sp³-hybridized carbons (Fsp3) is 0.615. The van der Waals surface area contributed by atoms with Crippen LogP contribution in [-0.2, 0) is 0 Å². The Hall–Kier alpha value is -1.51. The predicted octanol–water partition coefficient (Wildman–Crippen LogP) is 1.22. The summed E-state index contributed by atoms with van der Waals surface area (Å²) in [5.41, 5.74) is 1.85. The first kappa shape index (κ1) is 13.2. The Morgan fingerprint density at radius 3 is 2.76 bits per heavy atom. The second-order valence-corrected chi connectivity index (χ2v) is 6.31. The van der Waals surface area contributed by atoms with Crippen molar-refractivity contribution in [2.24, 2.45) is 0 Å². The summed E-state index contributed by atoms with van der Waals surface area (Å²) in [6.45, 7) is 7.45. The van der Waals surface area contributed by atoms with Gasteiger partial charge in [0.25, 0.3) is 5.89 Å². The number of piperazine rings is 3. The van der Waals surface area contributed by atoms with E-state index in [0.29, 0.717) is 5.89 Å². The van der Waals surface area contributed by atoms with Gasteiger partial charge >= 0.3 is 0 Å². The minimum absolute atomic E-state index is 0.259. The third-order valence-corrected chi connectivity index (χ3v) is 5.28. The molecule has 2 aromatic heterocycles. The van der Waals surface area contributed by atoms with E-state index in [0.717, 1.165) is 54.8 Å². The molecule has 0 spiro atoms. The van der Waals surface area contributed by atoms with Crippen LogP contribution in [0.25, 0.3) is 11.5 Å². The van der Waals surface area contributed by atoms with Crippen molar-refractivity contribution in [1.29, 1.82) is 0 Å². The molecule has 7 nitrogen and oxygen atoms in total. The summed E-state index contributed by atoms with van der Waals surface area (Å²) >= 11 is 1.42. The van der Waals surface area contributed by atoms with Crippen LogP contribution in [0, 0.1) is 6.92 Å². The summed E-state index contributed by atoms with van der Waals surface area (Å²) < 4.78 is 9.87. The van der Waals surface area contributed by atoms with Crippen LogP contribution in [0.3, 0.4) is 0 Å². The molecule has 3 aliphatic rings. The molecule has 0 aromatic carbocycles. The Bertz CT molecular complexity index is 645. The molecule has 1 atom stereocenters. The molecule has 0 amide bonds. The zero-order chi connectivity index (χ0) is 14.4. The third kappa shape index (κ3) is 2.14. The summed E-state index contributed by atoms with van der Waals surface area (Å²) in [4.78, 5) is 9.57. The number of hydrogen-bond acceptors (Lipinski definition) is 8. The van der Waals surface area contributed by atoms with E-state index >= 15 is 0 Å². The number of aromatic nitrogens is 3. The number of hydrogen-bond donors (Lipinski definition) is 1. The van der Waals surface area contributed by atoms with Crippen LogP contribution >= 0.6 is 11.5 Å². The number of fused-ring (bicyclic) bond motifs is 3. The first-order chi connectivity index (χ1) is 10.3. The fourth-order valence-electron chi connectivity index (χ4n) is 3.13. The molecule has 0 radical (unpaired) electrons. The molecule has 3 fully saturated rings. The van der Waals surface area contributed by atoms with E-state index in [1.807, 2.05) is 14.0 Å². The molecular weight excluding hydrogens is 288 g/mol. The first-order valence-electron chi connectivity index (χ1n) is 7.20. The zero-order valence-corrected chi connectivity index (χ0v) is 13.0. The Morgan fingerprint density at radius 2 is 2.10 bits per heavy atom. The molecule has 0 aliphatic carbocycles. The van der Waals surface area contributed by atoms with E-state index in [9.17, 15) is 0 Å². The van der Waals surface area contributed by atoms with Crippen molar-refractivity contribution in [3.05, 3.63) is 11.5 Å². The highest BCUT2D eigenvalue weighted by molar-refractivity contribution is 7.10. The lowest BCUT2D eigenvalue weighted by atomic mass is 10.1. The average Bonchev–Trinajstić information content (AvgIpc) is 3.14. The summed E-state index contributed by atoms with van der Waals surface area (Å²) in [5, 5.41) is 8.34. The molecule has 1 unspecified atom stereocenters. The third-order valence-electron chi connectivity index (χ3n) is 4.32. The second-order valence-electron chi connectivity index (χ2n) is 5.53. The lowest BCUT2D eigenvalue weighted by molar-refractivity contribution is 0.00781. The quantitative estimate of drug-likeness (QED) is 0.914. The van der Waals surface area contributed by atoms with E-state index in [4.69, 9.17) is 4.52 Å². The van der Waals surface area contributed by atoms with Gasteiger partial charge in [-0.05, 0) is 18.5 Å². The summed E-state index contributed by atoms with van der Waals surface area (Å²) in [6, 6.07) is 0.259. The van der Waals surface area contributed by atoms with Gasteiger partial charge in [-0.3, -0.25) is 9.80 Å². The minimum atomic E-state index is 0.259. The van der Waals surface area contributed by atoms with Gasteiger partial charge in [-0.1, -0.05) is 5.16 Å². The number of rotatable bonds is 3. The van der Waals surface area contributed by atoms with E-state index in [-0.39, 0.29) is 6.04 Å². The monoisotopic (exact) mass is 306 g/mol. The normalized spacial score (nSPS) is 28.0. The Kier molecular flexibility index (Phi) is 3.16. The fourth-order valence-corrected chi connectivity index (χ4v) is 3.86. The van der Waals surface area contributed by atoms with Crippen LogP contribution < -0.4 is 5.32 Å². The van der Waals surface area contributed by atoms with Crippen molar-refractivity contribution < 1.29 is 4.52 Å². The van der Waals surface area contributed by atoms with Gasteiger partial charge in [0, 0.05) is 39.8 Å². The maximum atomic E-state index is 5.51. The number of anilines is 1. The van der Waals surface area contributed by atoms with Crippen molar-refractivity contribution in [3.8, 4) is 11.5 Å². The lowest BCUT2D eigenvalue weighted by Gasteiger charge is -2.46. The zero-order valence-electron chi connectivity index (χ0n) is 12.2. The topological polar surface area (TPSA) is 70.3 Å². The standard InChI is InChI=1S/C13H18N6OS/c1-8-10(13(14-2)21-17-8)12-15-11(16-20-12)9-7-18-3-5-19(9)6-4-18/h9,14H,3-7H2,1-2H3. The van der Waals surface area contributed by atoms with Gasteiger partial charge in [-0.2, -0.15) is 9.36 Å². The number of nitrogens with one attached hydrogen (secondary N) is 1. The predicted molar refractivity (Wildman–Crippen MR) is 80.4 cm³/mol. The van der Waals surface area contributed by atoms with Gasteiger partial charge in [0.15, 0.2) is 5.82 Å². The maximum Gasteiger partial charge on any atom is 0.262 e. The van der Waals surface area contributed by atoms with E-state index in [1.165, 1.54) is 11.5 Å². The summed E-state index contributed by atoms with van der Waals surface area (Å²) in [6.07, 6.45) is 0. The summed E-state index contributed by atoms with van der Waals surface area (Å²) in [5.74, 6) is 1.36. The molecule has 3 aliphatic heterocycles. The Balaban J connectivity index is 1.65.